The van der Waals surface area contributed by atoms with E-state index in [9.17, 15) is 14.4 Å². The predicted molar refractivity (Wildman–Crippen MR) is 120 cm³/mol. The van der Waals surface area contributed by atoms with Gasteiger partial charge >= 0.3 is 5.97 Å². The maximum absolute atomic E-state index is 13.0. The number of β-lactam (4-membered cyclic amide) rings is 1. The maximum atomic E-state index is 13.0. The number of thioether (sulfide) groups is 1. The summed E-state index contributed by atoms with van der Waals surface area (Å²) in [5.41, 5.74) is 0.923. The van der Waals surface area contributed by atoms with Crippen LogP contribution in [-0.4, -0.2) is 48.5 Å². The number of esters is 1. The van der Waals surface area contributed by atoms with Crippen LogP contribution in [0.5, 0.6) is 0 Å². The maximum Gasteiger partial charge on any atom is 0.324 e. The number of carbonyl (C=O) groups is 3. The molecule has 8 heteroatoms. The predicted octanol–water partition coefficient (Wildman–Crippen LogP) is 2.97. The van der Waals surface area contributed by atoms with Crippen LogP contribution in [0.4, 0.5) is 0 Å². The van der Waals surface area contributed by atoms with Crippen LogP contribution in [0, 0.1) is 5.92 Å². The third-order valence-corrected chi connectivity index (χ3v) is 6.70. The first kappa shape index (κ1) is 23.8. The van der Waals surface area contributed by atoms with Crippen molar-refractivity contribution in [1.82, 2.24) is 5.32 Å². The van der Waals surface area contributed by atoms with E-state index in [0.29, 0.717) is 6.47 Å². The molecule has 0 aliphatic carbocycles. The summed E-state index contributed by atoms with van der Waals surface area (Å²) in [5, 5.41) is 2.86. The van der Waals surface area contributed by atoms with E-state index in [1.807, 2.05) is 60.7 Å². The average molecular weight is 458 g/mol. The van der Waals surface area contributed by atoms with Crippen LogP contribution in [0.25, 0.3) is 0 Å². The zero-order valence-corrected chi connectivity index (χ0v) is 18.9. The number of nitrogens with one attached hydrogen (secondary N) is 1. The molecule has 1 unspecified atom stereocenters. The Kier molecular flexibility index (Phi) is 8.30. The number of hydrogen-bond donors (Lipinski definition) is 1. The van der Waals surface area contributed by atoms with E-state index >= 15 is 0 Å². The van der Waals surface area contributed by atoms with Gasteiger partial charge in [-0.3, -0.25) is 14.4 Å². The summed E-state index contributed by atoms with van der Waals surface area (Å²) in [4.78, 5) is 37.4. The van der Waals surface area contributed by atoms with E-state index in [4.69, 9.17) is 14.2 Å². The number of rotatable bonds is 12. The molecule has 32 heavy (non-hydrogen) atoms. The Morgan fingerprint density at radius 2 is 1.81 bits per heavy atom. The van der Waals surface area contributed by atoms with Crippen molar-refractivity contribution in [2.45, 2.75) is 42.2 Å². The van der Waals surface area contributed by atoms with Gasteiger partial charge < -0.3 is 19.5 Å². The molecule has 0 radical (unpaired) electrons. The summed E-state index contributed by atoms with van der Waals surface area (Å²) in [7, 11) is 0. The van der Waals surface area contributed by atoms with Gasteiger partial charge in [-0.2, -0.15) is 0 Å². The minimum absolute atomic E-state index is 0.0974. The second-order valence-electron chi connectivity index (χ2n) is 7.52. The van der Waals surface area contributed by atoms with Crippen LogP contribution in [-0.2, 0) is 35.2 Å². The second kappa shape index (κ2) is 11.2. The highest BCUT2D eigenvalue weighted by molar-refractivity contribution is 8.01. The van der Waals surface area contributed by atoms with Crippen molar-refractivity contribution in [1.29, 1.82) is 0 Å². The number of ether oxygens (including phenoxy) is 3. The van der Waals surface area contributed by atoms with Crippen LogP contribution in [0.2, 0.25) is 0 Å². The van der Waals surface area contributed by atoms with Gasteiger partial charge in [0.1, 0.15) is 17.5 Å². The second-order valence-corrected chi connectivity index (χ2v) is 9.04. The number of amides is 1. The van der Waals surface area contributed by atoms with Gasteiger partial charge in [-0.05, 0) is 31.5 Å². The lowest BCUT2D eigenvalue weighted by Crippen LogP contribution is -2.72. The first-order valence-electron chi connectivity index (χ1n) is 10.4. The number of carbonyl (C=O) groups excluding carboxylic acids is 3. The van der Waals surface area contributed by atoms with Gasteiger partial charge in [0, 0.05) is 4.90 Å². The zero-order chi connectivity index (χ0) is 23.0. The summed E-state index contributed by atoms with van der Waals surface area (Å²) in [6, 6.07) is 18.4. The highest BCUT2D eigenvalue weighted by atomic mass is 32.2. The molecule has 1 aliphatic heterocycles. The summed E-state index contributed by atoms with van der Waals surface area (Å²) in [6.07, 6.45) is -0.718. The highest BCUT2D eigenvalue weighted by Crippen LogP contribution is 2.43. The largest absolute Gasteiger partial charge is 0.465 e. The van der Waals surface area contributed by atoms with Crippen molar-refractivity contribution < 1.29 is 28.6 Å². The molecule has 3 rings (SSSR count). The van der Waals surface area contributed by atoms with Crippen molar-refractivity contribution in [3.63, 3.8) is 0 Å². The molecular formula is C24H27NO6S. The van der Waals surface area contributed by atoms with E-state index in [-0.39, 0.29) is 25.7 Å². The Balaban J connectivity index is 1.85. The zero-order valence-electron chi connectivity index (χ0n) is 18.1. The molecule has 1 fully saturated rings. The smallest absolute Gasteiger partial charge is 0.324 e. The molecule has 0 spiro atoms. The average Bonchev–Trinajstić information content (AvgIpc) is 2.80. The monoisotopic (exact) mass is 457 g/mol. The van der Waals surface area contributed by atoms with Crippen LogP contribution in [0.15, 0.2) is 65.6 Å². The number of hydrogen-bond acceptors (Lipinski definition) is 7. The minimum Gasteiger partial charge on any atom is -0.465 e. The third-order valence-electron chi connectivity index (χ3n) is 5.34. The Bertz CT molecular complexity index is 909. The highest BCUT2D eigenvalue weighted by Gasteiger charge is 2.58. The Morgan fingerprint density at radius 1 is 1.16 bits per heavy atom. The molecule has 0 aromatic heterocycles. The molecule has 0 bridgehead atoms. The minimum atomic E-state index is -1.11. The van der Waals surface area contributed by atoms with Crippen molar-refractivity contribution in [2.24, 2.45) is 5.92 Å². The lowest BCUT2D eigenvalue weighted by Gasteiger charge is -2.48. The lowest BCUT2D eigenvalue weighted by atomic mass is 9.77. The third kappa shape index (κ3) is 5.49. The van der Waals surface area contributed by atoms with Gasteiger partial charge in [-0.25, -0.2) is 0 Å². The van der Waals surface area contributed by atoms with Crippen LogP contribution >= 0.6 is 11.8 Å². The molecule has 7 nitrogen and oxygen atoms in total. The molecule has 170 valence electrons. The fraction of sp³-hybridized carbons (Fsp3) is 0.375. The molecule has 1 heterocycles. The van der Waals surface area contributed by atoms with E-state index in [0.717, 1.165) is 10.5 Å². The first-order chi connectivity index (χ1) is 15.5. The Morgan fingerprint density at radius 3 is 2.41 bits per heavy atom. The molecule has 4 atom stereocenters. The van der Waals surface area contributed by atoms with Crippen molar-refractivity contribution in [2.75, 3.05) is 13.2 Å². The Hall–Kier alpha value is -2.84. The molecule has 1 N–H and O–H groups in total. The molecule has 1 aliphatic rings. The summed E-state index contributed by atoms with van der Waals surface area (Å²) in [5.74, 6) is -1.38. The van der Waals surface area contributed by atoms with Gasteiger partial charge in [-0.1, -0.05) is 48.5 Å². The quantitative estimate of drug-likeness (QED) is 0.227. The summed E-state index contributed by atoms with van der Waals surface area (Å²) in [6.45, 7) is 4.19. The number of benzene rings is 2. The van der Waals surface area contributed by atoms with Crippen LogP contribution in [0.3, 0.4) is 0 Å². The topological polar surface area (TPSA) is 90.9 Å². The van der Waals surface area contributed by atoms with Crippen molar-refractivity contribution in [3.05, 3.63) is 66.2 Å². The molecule has 1 saturated heterocycles. The van der Waals surface area contributed by atoms with Crippen molar-refractivity contribution in [3.8, 4) is 0 Å². The molecule has 1 amide bonds. The van der Waals surface area contributed by atoms with Gasteiger partial charge in [0.25, 0.3) is 6.47 Å². The molecule has 2 aromatic rings. The van der Waals surface area contributed by atoms with Crippen molar-refractivity contribution >= 4 is 30.1 Å². The normalized spacial score (nSPS) is 20.2. The first-order valence-corrected chi connectivity index (χ1v) is 11.2. The van der Waals surface area contributed by atoms with E-state index in [1.54, 1.807) is 13.8 Å². The van der Waals surface area contributed by atoms with E-state index < -0.39 is 28.8 Å². The fourth-order valence-corrected chi connectivity index (χ4v) is 4.92. The van der Waals surface area contributed by atoms with Gasteiger partial charge in [0.05, 0.1) is 25.2 Å². The fourth-order valence-electron chi connectivity index (χ4n) is 3.67. The standard InChI is InChI=1S/C24H27NO6S/c1-3-30-23(28)24(2,32-18-12-8-5-9-13-18)21-20(22(27)25-21)19(15-29-16-26)31-14-17-10-6-4-7-11-17/h4-13,16,19-21H,3,14-15H2,1-2H3,(H,25,27)/t19-,20+,21-,24?/m0/s1. The van der Waals surface area contributed by atoms with Crippen LogP contribution in [0.1, 0.15) is 19.4 Å². The van der Waals surface area contributed by atoms with Gasteiger partial charge in [-0.15, -0.1) is 11.8 Å². The summed E-state index contributed by atoms with van der Waals surface area (Å²) >= 11 is 1.33. The lowest BCUT2D eigenvalue weighted by molar-refractivity contribution is -0.160. The van der Waals surface area contributed by atoms with E-state index in [2.05, 4.69) is 5.32 Å². The summed E-state index contributed by atoms with van der Waals surface area (Å²) < 4.78 is 15.2. The van der Waals surface area contributed by atoms with Gasteiger partial charge in [0.2, 0.25) is 5.91 Å². The molecular weight excluding hydrogens is 430 g/mol. The molecule has 0 saturated carbocycles. The van der Waals surface area contributed by atoms with E-state index in [1.165, 1.54) is 11.8 Å². The SMILES string of the molecule is CCOC(=O)C(C)(Sc1ccccc1)[C@H]1NC(=O)[C@@H]1[C@H](COC=O)OCc1ccccc1. The van der Waals surface area contributed by atoms with Crippen LogP contribution < -0.4 is 5.32 Å². The van der Waals surface area contributed by atoms with Gasteiger partial charge in [0.15, 0.2) is 0 Å². The molecule has 2 aromatic carbocycles. The Labute approximate surface area is 191 Å².